The van der Waals surface area contributed by atoms with Crippen LogP contribution < -0.4 is 5.32 Å². The van der Waals surface area contributed by atoms with E-state index in [1.807, 2.05) is 6.92 Å². The van der Waals surface area contributed by atoms with Crippen LogP contribution in [0.5, 0.6) is 0 Å². The minimum atomic E-state index is -4.50. The molecule has 0 spiro atoms. The van der Waals surface area contributed by atoms with E-state index in [2.05, 4.69) is 20.6 Å². The van der Waals surface area contributed by atoms with Crippen LogP contribution in [0.2, 0.25) is 10.0 Å². The van der Waals surface area contributed by atoms with Crippen molar-refractivity contribution in [1.29, 1.82) is 0 Å². The number of alkyl halides is 3. The van der Waals surface area contributed by atoms with Crippen LogP contribution in [-0.4, -0.2) is 25.9 Å². The number of nitrogens with one attached hydrogen (secondary N) is 1. The van der Waals surface area contributed by atoms with Gasteiger partial charge in [-0.1, -0.05) is 34.5 Å². The molecule has 0 radical (unpaired) electrons. The van der Waals surface area contributed by atoms with Crippen molar-refractivity contribution in [2.24, 2.45) is 0 Å². The number of halogens is 5. The van der Waals surface area contributed by atoms with Crippen LogP contribution in [0, 0.1) is 13.8 Å². The number of aryl methyl sites for hydroxylation is 1. The second-order valence-electron chi connectivity index (χ2n) is 7.38. The Morgan fingerprint density at radius 2 is 1.91 bits per heavy atom. The lowest BCUT2D eigenvalue weighted by Gasteiger charge is -2.09. The van der Waals surface area contributed by atoms with E-state index in [9.17, 15) is 18.0 Å². The molecular formula is C22H16Cl2F3N5OS. The van der Waals surface area contributed by atoms with E-state index in [1.165, 1.54) is 28.2 Å². The number of carbonyl (C=O) groups is 1. The zero-order valence-electron chi connectivity index (χ0n) is 17.7. The Balaban J connectivity index is 1.54. The molecule has 2 aromatic heterocycles. The van der Waals surface area contributed by atoms with Crippen molar-refractivity contribution in [2.75, 3.05) is 5.32 Å². The van der Waals surface area contributed by atoms with Crippen LogP contribution in [-0.2, 0) is 12.6 Å². The first-order valence-corrected chi connectivity index (χ1v) is 11.4. The largest absolute Gasteiger partial charge is 0.416 e. The molecule has 176 valence electrons. The molecule has 0 unspecified atom stereocenters. The highest BCUT2D eigenvalue weighted by atomic mass is 35.5. The smallest absolute Gasteiger partial charge is 0.296 e. The molecule has 0 aliphatic heterocycles. The van der Waals surface area contributed by atoms with Gasteiger partial charge >= 0.3 is 6.18 Å². The van der Waals surface area contributed by atoms with Gasteiger partial charge in [0.15, 0.2) is 10.8 Å². The van der Waals surface area contributed by atoms with Crippen molar-refractivity contribution in [1.82, 2.24) is 20.0 Å². The van der Waals surface area contributed by atoms with Crippen molar-refractivity contribution >= 4 is 45.6 Å². The Kier molecular flexibility index (Phi) is 6.66. The molecule has 0 bridgehead atoms. The van der Waals surface area contributed by atoms with Gasteiger partial charge < -0.3 is 0 Å². The number of aromatic nitrogens is 4. The Morgan fingerprint density at radius 1 is 1.15 bits per heavy atom. The molecule has 0 aliphatic carbocycles. The maximum Gasteiger partial charge on any atom is 0.416 e. The third-order valence-electron chi connectivity index (χ3n) is 5.00. The molecule has 12 heteroatoms. The maximum absolute atomic E-state index is 13.0. The topological polar surface area (TPSA) is 72.7 Å². The van der Waals surface area contributed by atoms with Gasteiger partial charge in [0.05, 0.1) is 22.6 Å². The summed E-state index contributed by atoms with van der Waals surface area (Å²) in [6.07, 6.45) is -4.01. The number of anilines is 1. The average Bonchev–Trinajstić information content (AvgIpc) is 3.32. The molecule has 4 rings (SSSR count). The van der Waals surface area contributed by atoms with Crippen molar-refractivity contribution in [3.63, 3.8) is 0 Å². The van der Waals surface area contributed by atoms with Crippen LogP contribution >= 0.6 is 34.5 Å². The lowest BCUT2D eigenvalue weighted by atomic mass is 10.1. The highest BCUT2D eigenvalue weighted by Crippen LogP contribution is 2.31. The molecule has 1 amide bonds. The zero-order valence-corrected chi connectivity index (χ0v) is 20.1. The first-order chi connectivity index (χ1) is 16.0. The fourth-order valence-electron chi connectivity index (χ4n) is 3.25. The zero-order chi connectivity index (χ0) is 24.6. The van der Waals surface area contributed by atoms with Crippen molar-refractivity contribution in [3.8, 4) is 5.69 Å². The summed E-state index contributed by atoms with van der Waals surface area (Å²) >= 11 is 13.6. The second kappa shape index (κ2) is 9.36. The van der Waals surface area contributed by atoms with Gasteiger partial charge in [0.25, 0.3) is 5.91 Å². The molecule has 1 N–H and O–H groups in total. The Hall–Kier alpha value is -2.95. The van der Waals surface area contributed by atoms with Crippen molar-refractivity contribution in [2.45, 2.75) is 26.4 Å². The van der Waals surface area contributed by atoms with Gasteiger partial charge in [0.2, 0.25) is 0 Å². The molecule has 34 heavy (non-hydrogen) atoms. The van der Waals surface area contributed by atoms with Gasteiger partial charge in [-0.2, -0.15) is 13.2 Å². The average molecular weight is 526 g/mol. The number of nitrogens with zero attached hydrogens (tertiary/aromatic N) is 4. The first kappa shape index (κ1) is 24.2. The van der Waals surface area contributed by atoms with E-state index in [0.29, 0.717) is 21.6 Å². The van der Waals surface area contributed by atoms with Crippen molar-refractivity contribution in [3.05, 3.63) is 85.6 Å². The lowest BCUT2D eigenvalue weighted by molar-refractivity contribution is -0.137. The number of carbonyl (C=O) groups excluding carboxylic acids is 1. The van der Waals surface area contributed by atoms with E-state index in [0.717, 1.165) is 28.3 Å². The summed E-state index contributed by atoms with van der Waals surface area (Å²) in [6.45, 7) is 3.37. The summed E-state index contributed by atoms with van der Waals surface area (Å²) in [5.74, 6) is -0.572. The first-order valence-electron chi connectivity index (χ1n) is 9.84. The molecule has 4 aromatic rings. The molecule has 0 fully saturated rings. The van der Waals surface area contributed by atoms with Crippen LogP contribution in [0.4, 0.5) is 18.3 Å². The number of hydrogen-bond acceptors (Lipinski definition) is 5. The molecular weight excluding hydrogens is 510 g/mol. The Morgan fingerprint density at radius 3 is 2.65 bits per heavy atom. The van der Waals surface area contributed by atoms with E-state index in [1.54, 1.807) is 25.1 Å². The number of hydrogen-bond donors (Lipinski definition) is 1. The van der Waals surface area contributed by atoms with Gasteiger partial charge in [-0.15, -0.1) is 16.4 Å². The Labute approximate surface area is 206 Å². The van der Waals surface area contributed by atoms with Gasteiger partial charge in [-0.3, -0.25) is 10.1 Å². The van der Waals surface area contributed by atoms with E-state index >= 15 is 0 Å². The van der Waals surface area contributed by atoms with E-state index < -0.39 is 17.6 Å². The summed E-state index contributed by atoms with van der Waals surface area (Å²) in [6, 6.07) is 9.82. The SMILES string of the molecule is Cc1nc(NC(=O)c2nnn(-c3cccc(C(F)(F)F)c3)c2C)sc1Cc1cc(Cl)ccc1Cl. The predicted molar refractivity (Wildman–Crippen MR) is 125 cm³/mol. The van der Waals surface area contributed by atoms with Gasteiger partial charge in [0, 0.05) is 21.3 Å². The minimum Gasteiger partial charge on any atom is -0.296 e. The normalized spacial score (nSPS) is 11.6. The predicted octanol–water partition coefficient (Wildman–Crippen LogP) is 6.51. The van der Waals surface area contributed by atoms with Gasteiger partial charge in [-0.05, 0) is 55.8 Å². The highest BCUT2D eigenvalue weighted by Gasteiger charge is 2.31. The molecule has 2 heterocycles. The fraction of sp³-hybridized carbons (Fsp3) is 0.182. The van der Waals surface area contributed by atoms with Gasteiger partial charge in [-0.25, -0.2) is 9.67 Å². The van der Waals surface area contributed by atoms with Crippen LogP contribution in [0.3, 0.4) is 0 Å². The second-order valence-corrected chi connectivity index (χ2v) is 9.30. The molecule has 0 saturated heterocycles. The number of amides is 1. The number of rotatable bonds is 5. The third-order valence-corrected chi connectivity index (χ3v) is 6.68. The summed E-state index contributed by atoms with van der Waals surface area (Å²) in [5, 5.41) is 11.9. The van der Waals surface area contributed by atoms with Crippen LogP contribution in [0.25, 0.3) is 5.69 Å². The molecule has 2 aromatic carbocycles. The summed E-state index contributed by atoms with van der Waals surface area (Å²) in [7, 11) is 0. The van der Waals surface area contributed by atoms with E-state index in [4.69, 9.17) is 23.2 Å². The quantitative estimate of drug-likeness (QED) is 0.322. The highest BCUT2D eigenvalue weighted by molar-refractivity contribution is 7.15. The monoisotopic (exact) mass is 525 g/mol. The Bertz CT molecular complexity index is 1380. The number of benzene rings is 2. The van der Waals surface area contributed by atoms with Crippen LogP contribution in [0.15, 0.2) is 42.5 Å². The standard InChI is InChI=1S/C22H16Cl2F3N5OS/c1-11-18(9-13-8-15(23)6-7-17(13)24)34-21(28-11)29-20(33)19-12(2)32(31-30-19)16-5-3-4-14(10-16)22(25,26)27/h3-8,10H,9H2,1-2H3,(H,28,29,33). The van der Waals surface area contributed by atoms with Crippen molar-refractivity contribution < 1.29 is 18.0 Å². The number of thiazole rings is 1. The van der Waals surface area contributed by atoms with E-state index in [-0.39, 0.29) is 17.1 Å². The molecule has 0 atom stereocenters. The molecule has 0 aliphatic rings. The third kappa shape index (κ3) is 5.08. The fourth-order valence-corrected chi connectivity index (χ4v) is 4.61. The lowest BCUT2D eigenvalue weighted by Crippen LogP contribution is -2.14. The molecule has 0 saturated carbocycles. The minimum absolute atomic E-state index is 0.0234. The maximum atomic E-state index is 13.0. The van der Waals surface area contributed by atoms with Crippen LogP contribution in [0.1, 0.15) is 37.9 Å². The summed E-state index contributed by atoms with van der Waals surface area (Å²) in [4.78, 5) is 18.1. The molecule has 6 nitrogen and oxygen atoms in total. The summed E-state index contributed by atoms with van der Waals surface area (Å²) < 4.78 is 40.3. The summed E-state index contributed by atoms with van der Waals surface area (Å²) in [5.41, 5.74) is 1.14. The van der Waals surface area contributed by atoms with Gasteiger partial charge in [0.1, 0.15) is 0 Å².